The van der Waals surface area contributed by atoms with Crippen molar-refractivity contribution >= 4 is 17.2 Å². The second-order valence-electron chi connectivity index (χ2n) is 7.46. The second-order valence-corrected chi connectivity index (χ2v) is 8.24. The Labute approximate surface area is 146 Å². The molecule has 3 heterocycles. The number of amides is 1. The van der Waals surface area contributed by atoms with Crippen LogP contribution in [0.3, 0.4) is 0 Å². The van der Waals surface area contributed by atoms with Crippen LogP contribution in [0, 0.1) is 12.3 Å². The highest BCUT2D eigenvalue weighted by molar-refractivity contribution is 7.08. The number of aryl methyl sites for hydroxylation is 2. The van der Waals surface area contributed by atoms with Gasteiger partial charge in [0.15, 0.2) is 0 Å². The maximum atomic E-state index is 12.1. The van der Waals surface area contributed by atoms with Gasteiger partial charge in [0.1, 0.15) is 0 Å². The fourth-order valence-corrected chi connectivity index (χ4v) is 4.93. The minimum absolute atomic E-state index is 0.0805. The summed E-state index contributed by atoms with van der Waals surface area (Å²) in [5.74, 6) is 0.0805. The van der Waals surface area contributed by atoms with Crippen LogP contribution in [0.25, 0.3) is 0 Å². The van der Waals surface area contributed by atoms with Gasteiger partial charge >= 0.3 is 0 Å². The van der Waals surface area contributed by atoms with Crippen molar-refractivity contribution in [3.05, 3.63) is 39.8 Å². The van der Waals surface area contributed by atoms with Crippen LogP contribution in [-0.4, -0.2) is 39.7 Å². The van der Waals surface area contributed by atoms with Gasteiger partial charge in [0, 0.05) is 48.9 Å². The molecular formula is C18H24N4OS. The number of carbonyl (C=O) groups is 1. The van der Waals surface area contributed by atoms with Gasteiger partial charge in [-0.3, -0.25) is 14.4 Å². The first-order valence-corrected chi connectivity index (χ1v) is 9.52. The Balaban J connectivity index is 1.29. The van der Waals surface area contributed by atoms with Gasteiger partial charge in [-0.2, -0.15) is 16.4 Å². The van der Waals surface area contributed by atoms with Crippen LogP contribution in [0.1, 0.15) is 40.9 Å². The van der Waals surface area contributed by atoms with Gasteiger partial charge in [-0.25, -0.2) is 0 Å². The van der Waals surface area contributed by atoms with Crippen LogP contribution >= 0.6 is 11.3 Å². The molecule has 0 aromatic carbocycles. The van der Waals surface area contributed by atoms with Crippen LogP contribution in [0.2, 0.25) is 0 Å². The third kappa shape index (κ3) is 3.00. The van der Waals surface area contributed by atoms with E-state index in [1.807, 2.05) is 28.6 Å². The average Bonchev–Trinajstić information content (AvgIpc) is 3.20. The zero-order chi connectivity index (χ0) is 16.7. The lowest BCUT2D eigenvalue weighted by molar-refractivity contribution is 0.0694. The highest BCUT2D eigenvalue weighted by atomic mass is 32.1. The number of thiophene rings is 1. The van der Waals surface area contributed by atoms with Crippen molar-refractivity contribution in [1.82, 2.24) is 20.0 Å². The summed E-state index contributed by atoms with van der Waals surface area (Å²) < 4.78 is 1.90. The van der Waals surface area contributed by atoms with Gasteiger partial charge in [0.2, 0.25) is 0 Å². The summed E-state index contributed by atoms with van der Waals surface area (Å²) in [5.41, 5.74) is 3.67. The number of likely N-dealkylation sites (tertiary alicyclic amines) is 1. The molecule has 1 N–H and O–H groups in total. The summed E-state index contributed by atoms with van der Waals surface area (Å²) in [6.45, 7) is 5.37. The zero-order valence-electron chi connectivity index (χ0n) is 14.3. The quantitative estimate of drug-likeness (QED) is 0.927. The summed E-state index contributed by atoms with van der Waals surface area (Å²) >= 11 is 1.57. The van der Waals surface area contributed by atoms with Crippen molar-refractivity contribution in [3.63, 3.8) is 0 Å². The SMILES string of the molecule is Cc1nn(C)cc1CN1CCC2(CC(NC(=O)c3ccsc3)C2)C1. The zero-order valence-corrected chi connectivity index (χ0v) is 15.1. The first kappa shape index (κ1) is 15.8. The van der Waals surface area contributed by atoms with Gasteiger partial charge in [0.05, 0.1) is 5.69 Å². The first-order chi connectivity index (χ1) is 11.5. The monoisotopic (exact) mass is 344 g/mol. The van der Waals surface area contributed by atoms with Crippen LogP contribution in [0.4, 0.5) is 0 Å². The Kier molecular flexibility index (Phi) is 3.96. The molecular weight excluding hydrogens is 320 g/mol. The normalized spacial score (nSPS) is 26.7. The number of nitrogens with one attached hydrogen (secondary N) is 1. The molecule has 0 radical (unpaired) electrons. The molecule has 0 unspecified atom stereocenters. The predicted molar refractivity (Wildman–Crippen MR) is 95.1 cm³/mol. The van der Waals surface area contributed by atoms with E-state index in [4.69, 9.17) is 0 Å². The van der Waals surface area contributed by atoms with E-state index in [9.17, 15) is 4.79 Å². The minimum Gasteiger partial charge on any atom is -0.349 e. The summed E-state index contributed by atoms with van der Waals surface area (Å²) in [6.07, 6.45) is 5.61. The van der Waals surface area contributed by atoms with E-state index in [0.717, 1.165) is 43.7 Å². The summed E-state index contributed by atoms with van der Waals surface area (Å²) in [6, 6.07) is 2.24. The molecule has 128 valence electrons. The number of carbonyl (C=O) groups excluding carboxylic acids is 1. The molecule has 1 saturated carbocycles. The fourth-order valence-electron chi connectivity index (χ4n) is 4.29. The molecule has 1 aliphatic heterocycles. The van der Waals surface area contributed by atoms with Crippen LogP contribution in [0.5, 0.6) is 0 Å². The van der Waals surface area contributed by atoms with Crippen molar-refractivity contribution in [3.8, 4) is 0 Å². The van der Waals surface area contributed by atoms with Crippen molar-refractivity contribution < 1.29 is 4.79 Å². The van der Waals surface area contributed by atoms with E-state index in [0.29, 0.717) is 11.5 Å². The third-order valence-corrected chi connectivity index (χ3v) is 6.19. The Morgan fingerprint density at radius 1 is 1.50 bits per heavy atom. The van der Waals surface area contributed by atoms with E-state index < -0.39 is 0 Å². The maximum absolute atomic E-state index is 12.1. The van der Waals surface area contributed by atoms with Crippen molar-refractivity contribution in [2.24, 2.45) is 12.5 Å². The van der Waals surface area contributed by atoms with Crippen molar-refractivity contribution in [2.75, 3.05) is 13.1 Å². The molecule has 2 aromatic heterocycles. The summed E-state index contributed by atoms with van der Waals surface area (Å²) in [5, 5.41) is 11.5. The molecule has 1 saturated heterocycles. The minimum atomic E-state index is 0.0805. The van der Waals surface area contributed by atoms with Crippen LogP contribution in [-0.2, 0) is 13.6 Å². The van der Waals surface area contributed by atoms with Gasteiger partial charge < -0.3 is 5.32 Å². The van der Waals surface area contributed by atoms with E-state index >= 15 is 0 Å². The van der Waals surface area contributed by atoms with E-state index in [1.165, 1.54) is 12.0 Å². The number of aromatic nitrogens is 2. The van der Waals surface area contributed by atoms with Crippen molar-refractivity contribution in [1.29, 1.82) is 0 Å². The predicted octanol–water partition coefficient (Wildman–Crippen LogP) is 2.57. The number of nitrogens with zero attached hydrogens (tertiary/aromatic N) is 3. The summed E-state index contributed by atoms with van der Waals surface area (Å²) in [7, 11) is 1.98. The van der Waals surface area contributed by atoms with Gasteiger partial charge in [-0.15, -0.1) is 0 Å². The average molecular weight is 344 g/mol. The largest absolute Gasteiger partial charge is 0.349 e. The summed E-state index contributed by atoms with van der Waals surface area (Å²) in [4.78, 5) is 14.7. The molecule has 1 aliphatic carbocycles. The number of hydrogen-bond acceptors (Lipinski definition) is 4. The van der Waals surface area contributed by atoms with E-state index in [1.54, 1.807) is 11.3 Å². The highest BCUT2D eigenvalue weighted by Gasteiger charge is 2.48. The maximum Gasteiger partial charge on any atom is 0.252 e. The molecule has 0 atom stereocenters. The first-order valence-electron chi connectivity index (χ1n) is 8.58. The lowest BCUT2D eigenvalue weighted by Crippen LogP contribution is -2.51. The van der Waals surface area contributed by atoms with Gasteiger partial charge in [0.25, 0.3) is 5.91 Å². The second kappa shape index (κ2) is 6.01. The topological polar surface area (TPSA) is 50.2 Å². The molecule has 24 heavy (non-hydrogen) atoms. The van der Waals surface area contributed by atoms with E-state index in [-0.39, 0.29) is 5.91 Å². The fraction of sp³-hybridized carbons (Fsp3) is 0.556. The Morgan fingerprint density at radius 2 is 2.33 bits per heavy atom. The molecule has 2 aromatic rings. The van der Waals surface area contributed by atoms with E-state index in [2.05, 4.69) is 28.4 Å². The van der Waals surface area contributed by atoms with Crippen LogP contribution < -0.4 is 5.32 Å². The molecule has 1 spiro atoms. The molecule has 1 amide bonds. The van der Waals surface area contributed by atoms with Crippen molar-refractivity contribution in [2.45, 2.75) is 38.8 Å². The molecule has 6 heteroatoms. The van der Waals surface area contributed by atoms with Gasteiger partial charge in [-0.05, 0) is 49.6 Å². The molecule has 4 rings (SSSR count). The number of rotatable bonds is 4. The van der Waals surface area contributed by atoms with Gasteiger partial charge in [-0.1, -0.05) is 0 Å². The molecule has 5 nitrogen and oxygen atoms in total. The molecule has 0 bridgehead atoms. The molecule has 2 aliphatic rings. The standard InChI is InChI=1S/C18H24N4OS/c1-13-15(9-21(2)20-13)10-22-5-4-18(12-22)7-16(8-18)19-17(23)14-3-6-24-11-14/h3,6,9,11,16H,4-5,7-8,10,12H2,1-2H3,(H,19,23). The third-order valence-electron chi connectivity index (χ3n) is 5.50. The number of hydrogen-bond donors (Lipinski definition) is 1. The lowest BCUT2D eigenvalue weighted by Gasteiger charge is -2.45. The lowest BCUT2D eigenvalue weighted by atomic mass is 9.65. The Bertz CT molecular complexity index is 730. The molecule has 2 fully saturated rings. The Morgan fingerprint density at radius 3 is 3.00 bits per heavy atom. The van der Waals surface area contributed by atoms with Crippen LogP contribution in [0.15, 0.2) is 23.0 Å². The smallest absolute Gasteiger partial charge is 0.252 e. The highest BCUT2D eigenvalue weighted by Crippen LogP contribution is 2.48. The Hall–Kier alpha value is -1.66.